The van der Waals surface area contributed by atoms with E-state index >= 15 is 0 Å². The molecule has 4 N–H and O–H groups in total. The van der Waals surface area contributed by atoms with Gasteiger partial charge in [-0.1, -0.05) is 89.4 Å². The highest BCUT2D eigenvalue weighted by Crippen LogP contribution is 2.19. The van der Waals surface area contributed by atoms with Crippen LogP contribution in [-0.4, -0.2) is 20.4 Å². The number of aliphatic hydroxyl groups excluding tert-OH is 2. The van der Waals surface area contributed by atoms with E-state index in [4.69, 9.17) is 20.4 Å². The number of aromatic hydroxyl groups is 2. The molecular weight excluding hydrogens is 468 g/mol. The van der Waals surface area contributed by atoms with E-state index in [1.807, 2.05) is 26.0 Å². The van der Waals surface area contributed by atoms with Crippen molar-refractivity contribution in [3.63, 3.8) is 0 Å². The van der Waals surface area contributed by atoms with Crippen LogP contribution >= 0.6 is 15.9 Å². The molecule has 3 rings (SSSR count). The molecule has 5 heteroatoms. The molecule has 178 valence electrons. The molecule has 0 heterocycles. The quantitative estimate of drug-likeness (QED) is 0.292. The fourth-order valence-electron chi connectivity index (χ4n) is 3.05. The molecule has 0 aliphatic heterocycles. The SMILES string of the molecule is C.C.Cc1cc(C)cc(CBr)c1.Cc1cc(C)cc(CO)c1.OCc1cc(O)cc(O)c1. The summed E-state index contributed by atoms with van der Waals surface area (Å²) in [5.41, 5.74) is 7.96. The molecule has 0 spiro atoms. The molecule has 0 fully saturated rings. The third-order valence-corrected chi connectivity index (χ3v) is 4.69. The Labute approximate surface area is 202 Å². The number of hydrogen-bond donors (Lipinski definition) is 4. The van der Waals surface area contributed by atoms with Crippen molar-refractivity contribution in [3.8, 4) is 11.5 Å². The number of phenolic OH excluding ortho intramolecular Hbond substituents is 2. The normalized spacial score (nSPS) is 9.22. The molecule has 0 bridgehead atoms. The van der Waals surface area contributed by atoms with Crippen LogP contribution in [0.25, 0.3) is 0 Å². The fourth-order valence-corrected chi connectivity index (χ4v) is 3.38. The lowest BCUT2D eigenvalue weighted by Gasteiger charge is -1.99. The number of rotatable bonds is 3. The van der Waals surface area contributed by atoms with Crippen LogP contribution < -0.4 is 0 Å². The van der Waals surface area contributed by atoms with Gasteiger partial charge in [-0.05, 0) is 56.5 Å². The molecule has 0 aliphatic carbocycles. The van der Waals surface area contributed by atoms with Crippen LogP contribution in [0.5, 0.6) is 11.5 Å². The van der Waals surface area contributed by atoms with Gasteiger partial charge >= 0.3 is 0 Å². The summed E-state index contributed by atoms with van der Waals surface area (Å²) in [6.07, 6.45) is 0. The minimum atomic E-state index is -0.179. The molecule has 0 unspecified atom stereocenters. The summed E-state index contributed by atoms with van der Waals surface area (Å²) in [6.45, 7) is 8.28. The van der Waals surface area contributed by atoms with Crippen molar-refractivity contribution in [1.82, 2.24) is 0 Å². The van der Waals surface area contributed by atoms with Crippen LogP contribution in [0.1, 0.15) is 53.8 Å². The van der Waals surface area contributed by atoms with Crippen LogP contribution in [0.4, 0.5) is 0 Å². The van der Waals surface area contributed by atoms with E-state index in [1.54, 1.807) is 0 Å². The second-order valence-electron chi connectivity index (χ2n) is 7.30. The van der Waals surface area contributed by atoms with Crippen molar-refractivity contribution in [2.24, 2.45) is 0 Å². The first-order valence-electron chi connectivity index (χ1n) is 9.60. The van der Waals surface area contributed by atoms with Gasteiger partial charge in [-0.2, -0.15) is 0 Å². The Morgan fingerprint density at radius 3 is 1.16 bits per heavy atom. The van der Waals surface area contributed by atoms with Gasteiger partial charge < -0.3 is 20.4 Å². The summed E-state index contributed by atoms with van der Waals surface area (Å²) >= 11 is 3.43. The molecule has 0 saturated heterocycles. The molecule has 0 radical (unpaired) electrons. The summed E-state index contributed by atoms with van der Waals surface area (Å²) in [5.74, 6) is -0.0758. The molecule has 4 nitrogen and oxygen atoms in total. The third-order valence-electron chi connectivity index (χ3n) is 4.04. The number of hydrogen-bond acceptors (Lipinski definition) is 4. The summed E-state index contributed by atoms with van der Waals surface area (Å²) in [5, 5.41) is 36.0. The van der Waals surface area contributed by atoms with Crippen LogP contribution in [0, 0.1) is 27.7 Å². The molecule has 0 amide bonds. The Kier molecular flexibility index (Phi) is 16.2. The first-order chi connectivity index (χ1) is 14.2. The number of benzene rings is 3. The van der Waals surface area contributed by atoms with Crippen molar-refractivity contribution >= 4 is 15.9 Å². The minimum Gasteiger partial charge on any atom is -0.508 e. The van der Waals surface area contributed by atoms with Gasteiger partial charge in [0.2, 0.25) is 0 Å². The van der Waals surface area contributed by atoms with Crippen molar-refractivity contribution in [3.05, 3.63) is 93.5 Å². The van der Waals surface area contributed by atoms with Gasteiger partial charge in [-0.15, -0.1) is 0 Å². The van der Waals surface area contributed by atoms with Crippen molar-refractivity contribution in [1.29, 1.82) is 0 Å². The largest absolute Gasteiger partial charge is 0.508 e. The van der Waals surface area contributed by atoms with Gasteiger partial charge in [-0.3, -0.25) is 0 Å². The van der Waals surface area contributed by atoms with Gasteiger partial charge in [0.1, 0.15) is 11.5 Å². The lowest BCUT2D eigenvalue weighted by Crippen LogP contribution is -1.85. The predicted molar refractivity (Wildman–Crippen MR) is 140 cm³/mol. The van der Waals surface area contributed by atoms with Gasteiger partial charge in [0.15, 0.2) is 0 Å². The van der Waals surface area contributed by atoms with E-state index in [1.165, 1.54) is 46.0 Å². The maximum Gasteiger partial charge on any atom is 0.119 e. The summed E-state index contributed by atoms with van der Waals surface area (Å²) in [4.78, 5) is 0. The highest BCUT2D eigenvalue weighted by Gasteiger charge is 1.96. The second-order valence-corrected chi connectivity index (χ2v) is 7.86. The van der Waals surface area contributed by atoms with Crippen LogP contribution in [-0.2, 0) is 18.5 Å². The topological polar surface area (TPSA) is 80.9 Å². The predicted octanol–water partition coefficient (Wildman–Crippen LogP) is 6.86. The number of aryl methyl sites for hydroxylation is 4. The Balaban J connectivity index is 0. The van der Waals surface area contributed by atoms with Crippen LogP contribution in [0.3, 0.4) is 0 Å². The Morgan fingerprint density at radius 2 is 0.844 bits per heavy atom. The van der Waals surface area contributed by atoms with Gasteiger partial charge in [0.25, 0.3) is 0 Å². The van der Waals surface area contributed by atoms with E-state index in [2.05, 4.69) is 54.0 Å². The average Bonchev–Trinajstić information content (AvgIpc) is 2.66. The Bertz CT molecular complexity index is 756. The smallest absolute Gasteiger partial charge is 0.119 e. The maximum atomic E-state index is 8.85. The molecular formula is C27H39BrO4. The number of alkyl halides is 1. The van der Waals surface area contributed by atoms with Crippen molar-refractivity contribution < 1.29 is 20.4 Å². The van der Waals surface area contributed by atoms with E-state index in [9.17, 15) is 0 Å². The fraction of sp³-hybridized carbons (Fsp3) is 0.333. The zero-order chi connectivity index (χ0) is 22.7. The highest BCUT2D eigenvalue weighted by atomic mass is 79.9. The zero-order valence-corrected chi connectivity index (χ0v) is 19.6. The highest BCUT2D eigenvalue weighted by molar-refractivity contribution is 9.08. The van der Waals surface area contributed by atoms with Crippen molar-refractivity contribution in [2.45, 2.75) is 61.1 Å². The Hall–Kier alpha value is -2.34. The monoisotopic (exact) mass is 506 g/mol. The van der Waals surface area contributed by atoms with Gasteiger partial charge in [-0.25, -0.2) is 0 Å². The first kappa shape index (κ1) is 31.8. The van der Waals surface area contributed by atoms with E-state index in [0.29, 0.717) is 5.56 Å². The molecule has 0 atom stereocenters. The van der Waals surface area contributed by atoms with Crippen molar-refractivity contribution in [2.75, 3.05) is 0 Å². The standard InChI is InChI=1S/C9H11Br.C9H12O.C7H8O3.2CH4/c2*1-7-3-8(2)5-9(4-7)6-10;8-4-5-1-6(9)3-7(10)2-5;;/h3-5H,6H2,1-2H3;3-5,10H,6H2,1-2H3;1-3,8-10H,4H2;2*1H4. The lowest BCUT2D eigenvalue weighted by atomic mass is 10.1. The third kappa shape index (κ3) is 12.5. The molecule has 3 aromatic rings. The van der Waals surface area contributed by atoms with Gasteiger partial charge in [0, 0.05) is 11.4 Å². The summed E-state index contributed by atoms with van der Waals surface area (Å²) < 4.78 is 0. The summed E-state index contributed by atoms with van der Waals surface area (Å²) in [6, 6.07) is 16.6. The lowest BCUT2D eigenvalue weighted by molar-refractivity contribution is 0.280. The van der Waals surface area contributed by atoms with Crippen LogP contribution in [0.15, 0.2) is 54.6 Å². The van der Waals surface area contributed by atoms with Crippen LogP contribution in [0.2, 0.25) is 0 Å². The zero-order valence-electron chi connectivity index (χ0n) is 18.0. The maximum absolute atomic E-state index is 8.85. The second kappa shape index (κ2) is 16.3. The van der Waals surface area contributed by atoms with E-state index in [0.717, 1.165) is 10.9 Å². The van der Waals surface area contributed by atoms with E-state index in [-0.39, 0.29) is 39.6 Å². The van der Waals surface area contributed by atoms with Gasteiger partial charge in [0.05, 0.1) is 13.2 Å². The number of aliphatic hydroxyl groups is 2. The molecule has 32 heavy (non-hydrogen) atoms. The van der Waals surface area contributed by atoms with E-state index < -0.39 is 0 Å². The molecule has 3 aromatic carbocycles. The minimum absolute atomic E-state index is 0. The average molecular weight is 508 g/mol. The first-order valence-corrected chi connectivity index (χ1v) is 10.7. The Morgan fingerprint density at radius 1 is 0.531 bits per heavy atom. The number of halogens is 1. The molecule has 0 aliphatic rings. The molecule has 0 aromatic heterocycles. The summed E-state index contributed by atoms with van der Waals surface area (Å²) in [7, 11) is 0. The number of phenols is 2. The molecule has 0 saturated carbocycles.